The van der Waals surface area contributed by atoms with Crippen LogP contribution in [0.5, 0.6) is 0 Å². The molecule has 3 rings (SSSR count). The maximum Gasteiger partial charge on any atom is 0.0342 e. The van der Waals surface area contributed by atoms with Crippen LogP contribution in [0.1, 0.15) is 20.3 Å². The Bertz CT molecular complexity index is 727. The third kappa shape index (κ3) is 3.81. The molecular weight excluding hydrogens is 278 g/mol. The largest absolute Gasteiger partial charge is 0.383 e. The molecule has 0 aromatic heterocycles. The summed E-state index contributed by atoms with van der Waals surface area (Å²) in [5.41, 5.74) is 6.19. The van der Waals surface area contributed by atoms with E-state index in [2.05, 4.69) is 92.0 Å². The van der Waals surface area contributed by atoms with Crippen molar-refractivity contribution in [3.05, 3.63) is 78.9 Å². The molecule has 1 unspecified atom stereocenters. The molecule has 1 heteroatoms. The van der Waals surface area contributed by atoms with E-state index in [4.69, 9.17) is 0 Å². The van der Waals surface area contributed by atoms with Crippen LogP contribution >= 0.6 is 0 Å². The van der Waals surface area contributed by atoms with Gasteiger partial charge in [0.1, 0.15) is 0 Å². The van der Waals surface area contributed by atoms with E-state index in [0.717, 1.165) is 6.42 Å². The second kappa shape index (κ2) is 7.15. The Hall–Kier alpha value is -2.54. The summed E-state index contributed by atoms with van der Waals surface area (Å²) >= 11 is 0. The molecule has 0 heterocycles. The molecule has 0 aliphatic rings. The average Bonchev–Trinajstić information content (AvgIpc) is 2.63. The molecule has 23 heavy (non-hydrogen) atoms. The first-order chi connectivity index (χ1) is 11.3. The van der Waals surface area contributed by atoms with E-state index in [1.54, 1.807) is 0 Å². The highest BCUT2D eigenvalue weighted by molar-refractivity contribution is 5.71. The molecule has 0 saturated carbocycles. The Kier molecular flexibility index (Phi) is 4.77. The molecule has 1 N–H and O–H groups in total. The lowest BCUT2D eigenvalue weighted by atomic mass is 10.0. The first-order valence-corrected chi connectivity index (χ1v) is 8.28. The molecule has 0 amide bonds. The second-order valence-corrected chi connectivity index (χ2v) is 5.97. The van der Waals surface area contributed by atoms with Gasteiger partial charge < -0.3 is 5.32 Å². The van der Waals surface area contributed by atoms with Gasteiger partial charge in [-0.1, -0.05) is 73.7 Å². The summed E-state index contributed by atoms with van der Waals surface area (Å²) in [6.07, 6.45) is 1.13. The van der Waals surface area contributed by atoms with Gasteiger partial charge in [0.25, 0.3) is 0 Å². The van der Waals surface area contributed by atoms with Crippen molar-refractivity contribution in [2.24, 2.45) is 0 Å². The molecule has 1 nitrogen and oxygen atoms in total. The van der Waals surface area contributed by atoms with Gasteiger partial charge in [-0.3, -0.25) is 0 Å². The van der Waals surface area contributed by atoms with Gasteiger partial charge >= 0.3 is 0 Å². The molecule has 3 aromatic carbocycles. The van der Waals surface area contributed by atoms with E-state index in [0.29, 0.717) is 6.04 Å². The minimum Gasteiger partial charge on any atom is -0.383 e. The van der Waals surface area contributed by atoms with Crippen molar-refractivity contribution in [3.63, 3.8) is 0 Å². The topological polar surface area (TPSA) is 12.0 Å². The minimum atomic E-state index is 0.506. The summed E-state index contributed by atoms with van der Waals surface area (Å²) in [6.45, 7) is 4.40. The molecule has 116 valence electrons. The SMILES string of the molecule is CCC(C)Nc1ccc(-c2ccc(-c3ccccc3)cc2)cc1. The van der Waals surface area contributed by atoms with E-state index < -0.39 is 0 Å². The Morgan fingerprint density at radius 2 is 1.09 bits per heavy atom. The van der Waals surface area contributed by atoms with Crippen molar-refractivity contribution >= 4 is 5.69 Å². The molecule has 0 fully saturated rings. The number of nitrogens with one attached hydrogen (secondary N) is 1. The maximum atomic E-state index is 3.50. The molecule has 0 aliphatic heterocycles. The zero-order valence-corrected chi connectivity index (χ0v) is 13.8. The summed E-state index contributed by atoms with van der Waals surface area (Å²) in [7, 11) is 0. The molecular formula is C22H23N. The quantitative estimate of drug-likeness (QED) is 0.589. The molecule has 1 atom stereocenters. The fraction of sp³-hybridized carbons (Fsp3) is 0.182. The van der Waals surface area contributed by atoms with Crippen molar-refractivity contribution in [1.82, 2.24) is 0 Å². The Morgan fingerprint density at radius 3 is 1.57 bits per heavy atom. The number of rotatable bonds is 5. The van der Waals surface area contributed by atoms with Crippen LogP contribution in [0.2, 0.25) is 0 Å². The summed E-state index contributed by atoms with van der Waals surface area (Å²) in [5, 5.41) is 3.50. The lowest BCUT2D eigenvalue weighted by molar-refractivity contribution is 0.764. The number of hydrogen-bond donors (Lipinski definition) is 1. The molecule has 0 radical (unpaired) electrons. The molecule has 3 aromatic rings. The Morgan fingerprint density at radius 1 is 0.652 bits per heavy atom. The Labute approximate surface area is 139 Å². The molecule has 0 bridgehead atoms. The van der Waals surface area contributed by atoms with Crippen LogP contribution in [0.3, 0.4) is 0 Å². The van der Waals surface area contributed by atoms with Crippen LogP contribution in [-0.2, 0) is 0 Å². The highest BCUT2D eigenvalue weighted by Crippen LogP contribution is 2.25. The average molecular weight is 301 g/mol. The van der Waals surface area contributed by atoms with Crippen LogP contribution in [0, 0.1) is 0 Å². The molecule has 0 saturated heterocycles. The smallest absolute Gasteiger partial charge is 0.0342 e. The van der Waals surface area contributed by atoms with Crippen molar-refractivity contribution in [2.75, 3.05) is 5.32 Å². The van der Waals surface area contributed by atoms with E-state index in [1.807, 2.05) is 6.07 Å². The van der Waals surface area contributed by atoms with E-state index in [1.165, 1.54) is 27.9 Å². The van der Waals surface area contributed by atoms with Crippen LogP contribution < -0.4 is 5.32 Å². The van der Waals surface area contributed by atoms with Crippen LogP contribution in [0.25, 0.3) is 22.3 Å². The van der Waals surface area contributed by atoms with E-state index >= 15 is 0 Å². The van der Waals surface area contributed by atoms with Gasteiger partial charge in [-0.2, -0.15) is 0 Å². The zero-order valence-electron chi connectivity index (χ0n) is 13.8. The zero-order chi connectivity index (χ0) is 16.1. The highest BCUT2D eigenvalue weighted by Gasteiger charge is 2.02. The summed E-state index contributed by atoms with van der Waals surface area (Å²) < 4.78 is 0. The first kappa shape index (κ1) is 15.4. The number of benzene rings is 3. The lowest BCUT2D eigenvalue weighted by Gasteiger charge is -2.13. The number of hydrogen-bond acceptors (Lipinski definition) is 1. The van der Waals surface area contributed by atoms with Gasteiger partial charge in [-0.05, 0) is 47.7 Å². The predicted octanol–water partition coefficient (Wildman–Crippen LogP) is 6.23. The van der Waals surface area contributed by atoms with Crippen molar-refractivity contribution in [2.45, 2.75) is 26.3 Å². The Balaban J connectivity index is 1.77. The van der Waals surface area contributed by atoms with Gasteiger partial charge in [0.2, 0.25) is 0 Å². The summed E-state index contributed by atoms with van der Waals surface area (Å²) in [6, 6.07) is 28.4. The van der Waals surface area contributed by atoms with Crippen molar-refractivity contribution in [1.29, 1.82) is 0 Å². The maximum absolute atomic E-state index is 3.50. The van der Waals surface area contributed by atoms with Crippen LogP contribution in [-0.4, -0.2) is 6.04 Å². The van der Waals surface area contributed by atoms with Crippen LogP contribution in [0.15, 0.2) is 78.9 Å². The van der Waals surface area contributed by atoms with Gasteiger partial charge in [-0.15, -0.1) is 0 Å². The second-order valence-electron chi connectivity index (χ2n) is 5.97. The first-order valence-electron chi connectivity index (χ1n) is 8.28. The van der Waals surface area contributed by atoms with Gasteiger partial charge in [0, 0.05) is 11.7 Å². The molecule has 0 aliphatic carbocycles. The summed E-state index contributed by atoms with van der Waals surface area (Å²) in [4.78, 5) is 0. The van der Waals surface area contributed by atoms with Crippen LogP contribution in [0.4, 0.5) is 5.69 Å². The minimum absolute atomic E-state index is 0.506. The highest BCUT2D eigenvalue weighted by atomic mass is 14.9. The van der Waals surface area contributed by atoms with Gasteiger partial charge in [-0.25, -0.2) is 0 Å². The third-order valence-corrected chi connectivity index (χ3v) is 4.24. The number of anilines is 1. The predicted molar refractivity (Wildman–Crippen MR) is 101 cm³/mol. The normalized spacial score (nSPS) is 11.9. The van der Waals surface area contributed by atoms with Crippen molar-refractivity contribution < 1.29 is 0 Å². The van der Waals surface area contributed by atoms with Gasteiger partial charge in [0.15, 0.2) is 0 Å². The monoisotopic (exact) mass is 301 g/mol. The van der Waals surface area contributed by atoms with E-state index in [9.17, 15) is 0 Å². The lowest BCUT2D eigenvalue weighted by Crippen LogP contribution is -2.12. The van der Waals surface area contributed by atoms with Gasteiger partial charge in [0.05, 0.1) is 0 Å². The standard InChI is InChI=1S/C22H23N/c1-3-17(2)23-22-15-13-21(14-16-22)20-11-9-19(10-12-20)18-7-5-4-6-8-18/h4-17,23H,3H2,1-2H3. The summed E-state index contributed by atoms with van der Waals surface area (Å²) in [5.74, 6) is 0. The van der Waals surface area contributed by atoms with Crippen molar-refractivity contribution in [3.8, 4) is 22.3 Å². The van der Waals surface area contributed by atoms with E-state index in [-0.39, 0.29) is 0 Å². The fourth-order valence-corrected chi connectivity index (χ4v) is 2.63. The molecule has 0 spiro atoms. The third-order valence-electron chi connectivity index (χ3n) is 4.24. The fourth-order valence-electron chi connectivity index (χ4n) is 2.63.